The Morgan fingerprint density at radius 1 is 1.13 bits per heavy atom. The molecule has 9 heteroatoms. The van der Waals surface area contributed by atoms with Gasteiger partial charge >= 0.3 is 0 Å². The van der Waals surface area contributed by atoms with E-state index in [2.05, 4.69) is 15.6 Å². The van der Waals surface area contributed by atoms with Crippen molar-refractivity contribution in [3.8, 4) is 0 Å². The van der Waals surface area contributed by atoms with E-state index in [4.69, 9.17) is 0 Å². The predicted molar refractivity (Wildman–Crippen MR) is 108 cm³/mol. The monoisotopic (exact) mass is 418 g/mol. The van der Waals surface area contributed by atoms with E-state index >= 15 is 0 Å². The standard InChI is InChI=1S/C21H24F2N4O3/c1-12(2)19(26-20(29)18-14(22)6-5-7-15(18)23)21(30)27(4)11-17(28)25-16-10-13(3)8-9-24-16/h5-10,12,19H,11H2,1-4H3,(H,26,29)(H,24,25,28)/t19-/m0/s1. The summed E-state index contributed by atoms with van der Waals surface area (Å²) in [5.41, 5.74) is 0.148. The lowest BCUT2D eigenvalue weighted by molar-refractivity contribution is -0.135. The molecule has 30 heavy (non-hydrogen) atoms. The number of anilines is 1. The molecule has 0 radical (unpaired) electrons. The number of carbonyl (C=O) groups is 3. The number of nitrogens with one attached hydrogen (secondary N) is 2. The third-order valence-electron chi connectivity index (χ3n) is 4.35. The molecule has 1 aromatic heterocycles. The van der Waals surface area contributed by atoms with Crippen molar-refractivity contribution in [3.05, 3.63) is 59.3 Å². The van der Waals surface area contributed by atoms with Gasteiger partial charge in [-0.2, -0.15) is 0 Å². The van der Waals surface area contributed by atoms with Gasteiger partial charge in [0.1, 0.15) is 29.1 Å². The lowest BCUT2D eigenvalue weighted by atomic mass is 10.0. The van der Waals surface area contributed by atoms with Crippen LogP contribution in [0.15, 0.2) is 36.5 Å². The number of amides is 3. The zero-order chi connectivity index (χ0) is 22.4. The summed E-state index contributed by atoms with van der Waals surface area (Å²) in [6.45, 7) is 4.90. The molecule has 0 aliphatic rings. The van der Waals surface area contributed by atoms with Crippen LogP contribution in [0.5, 0.6) is 0 Å². The highest BCUT2D eigenvalue weighted by atomic mass is 19.1. The summed E-state index contributed by atoms with van der Waals surface area (Å²) >= 11 is 0. The summed E-state index contributed by atoms with van der Waals surface area (Å²) in [4.78, 5) is 42.6. The van der Waals surface area contributed by atoms with Crippen molar-refractivity contribution in [1.82, 2.24) is 15.2 Å². The van der Waals surface area contributed by atoms with Crippen molar-refractivity contribution in [2.24, 2.45) is 5.92 Å². The van der Waals surface area contributed by atoms with Crippen LogP contribution >= 0.6 is 0 Å². The minimum Gasteiger partial charge on any atom is -0.340 e. The number of rotatable bonds is 7. The first-order valence-electron chi connectivity index (χ1n) is 9.32. The normalized spacial score (nSPS) is 11.7. The van der Waals surface area contributed by atoms with Crippen LogP contribution in [0.3, 0.4) is 0 Å². The number of likely N-dealkylation sites (N-methyl/N-ethyl adjacent to an activating group) is 1. The zero-order valence-electron chi connectivity index (χ0n) is 17.2. The van der Waals surface area contributed by atoms with Crippen LogP contribution in [-0.2, 0) is 9.59 Å². The molecule has 0 unspecified atom stereocenters. The van der Waals surface area contributed by atoms with Crippen molar-refractivity contribution >= 4 is 23.5 Å². The molecule has 0 spiro atoms. The van der Waals surface area contributed by atoms with E-state index in [1.165, 1.54) is 7.05 Å². The van der Waals surface area contributed by atoms with Gasteiger partial charge in [-0.25, -0.2) is 13.8 Å². The maximum atomic E-state index is 13.9. The first-order chi connectivity index (χ1) is 14.1. The number of aryl methyl sites for hydroxylation is 1. The molecule has 160 valence electrons. The summed E-state index contributed by atoms with van der Waals surface area (Å²) in [6.07, 6.45) is 1.55. The second-order valence-corrected chi connectivity index (χ2v) is 7.25. The van der Waals surface area contributed by atoms with E-state index in [9.17, 15) is 23.2 Å². The van der Waals surface area contributed by atoms with Crippen LogP contribution in [-0.4, -0.2) is 47.2 Å². The van der Waals surface area contributed by atoms with Crippen molar-refractivity contribution < 1.29 is 23.2 Å². The van der Waals surface area contributed by atoms with Crippen LogP contribution in [0.1, 0.15) is 29.8 Å². The summed E-state index contributed by atoms with van der Waals surface area (Å²) in [5.74, 6) is -4.17. The second kappa shape index (κ2) is 9.91. The highest BCUT2D eigenvalue weighted by Crippen LogP contribution is 2.14. The summed E-state index contributed by atoms with van der Waals surface area (Å²) in [5, 5.41) is 4.96. The Balaban J connectivity index is 2.06. The highest BCUT2D eigenvalue weighted by molar-refractivity contribution is 5.99. The van der Waals surface area contributed by atoms with Crippen LogP contribution < -0.4 is 10.6 Å². The zero-order valence-corrected chi connectivity index (χ0v) is 17.2. The lowest BCUT2D eigenvalue weighted by Crippen LogP contribution is -2.51. The van der Waals surface area contributed by atoms with Gasteiger partial charge in [0.25, 0.3) is 5.91 Å². The molecule has 7 nitrogen and oxygen atoms in total. The van der Waals surface area contributed by atoms with Crippen LogP contribution in [0, 0.1) is 24.5 Å². The fraction of sp³-hybridized carbons (Fsp3) is 0.333. The van der Waals surface area contributed by atoms with E-state index in [-0.39, 0.29) is 12.5 Å². The molecule has 1 aromatic carbocycles. The van der Waals surface area contributed by atoms with E-state index < -0.39 is 41.0 Å². The molecule has 2 aromatic rings. The number of carbonyl (C=O) groups excluding carboxylic acids is 3. The van der Waals surface area contributed by atoms with Gasteiger partial charge in [-0.3, -0.25) is 14.4 Å². The number of hydrogen-bond donors (Lipinski definition) is 2. The van der Waals surface area contributed by atoms with Gasteiger partial charge in [0.15, 0.2) is 0 Å². The van der Waals surface area contributed by atoms with Crippen LogP contribution in [0.4, 0.5) is 14.6 Å². The first-order valence-corrected chi connectivity index (χ1v) is 9.32. The topological polar surface area (TPSA) is 91.4 Å². The van der Waals surface area contributed by atoms with E-state index in [0.29, 0.717) is 5.82 Å². The average molecular weight is 418 g/mol. The fourth-order valence-electron chi connectivity index (χ4n) is 2.76. The van der Waals surface area contributed by atoms with Gasteiger partial charge in [-0.15, -0.1) is 0 Å². The van der Waals surface area contributed by atoms with E-state index in [0.717, 1.165) is 28.7 Å². The predicted octanol–water partition coefficient (Wildman–Crippen LogP) is 2.52. The highest BCUT2D eigenvalue weighted by Gasteiger charge is 2.30. The Bertz CT molecular complexity index is 929. The number of aromatic nitrogens is 1. The summed E-state index contributed by atoms with van der Waals surface area (Å²) in [6, 6.07) is 5.44. The van der Waals surface area contributed by atoms with E-state index in [1.807, 2.05) is 6.92 Å². The fourth-order valence-corrected chi connectivity index (χ4v) is 2.76. The van der Waals surface area contributed by atoms with Gasteiger partial charge in [-0.1, -0.05) is 19.9 Å². The molecule has 0 aliphatic carbocycles. The molecule has 0 saturated heterocycles. The van der Waals surface area contributed by atoms with Crippen molar-refractivity contribution in [3.63, 3.8) is 0 Å². The quantitative estimate of drug-likeness (QED) is 0.723. The Morgan fingerprint density at radius 3 is 2.33 bits per heavy atom. The molecule has 2 rings (SSSR count). The van der Waals surface area contributed by atoms with Gasteiger partial charge in [0.2, 0.25) is 11.8 Å². The molecular weight excluding hydrogens is 394 g/mol. The number of hydrogen-bond acceptors (Lipinski definition) is 4. The second-order valence-electron chi connectivity index (χ2n) is 7.25. The smallest absolute Gasteiger partial charge is 0.257 e. The van der Waals surface area contributed by atoms with Gasteiger partial charge in [0, 0.05) is 13.2 Å². The number of pyridine rings is 1. The SMILES string of the molecule is Cc1ccnc(NC(=O)CN(C)C(=O)[C@@H](NC(=O)c2c(F)cccc2F)C(C)C)c1. The number of halogens is 2. The molecule has 3 amide bonds. The third kappa shape index (κ3) is 5.82. The minimum atomic E-state index is -1.08. The average Bonchev–Trinajstić information content (AvgIpc) is 2.65. The molecule has 1 heterocycles. The van der Waals surface area contributed by atoms with Crippen LogP contribution in [0.25, 0.3) is 0 Å². The number of nitrogens with zero attached hydrogens (tertiary/aromatic N) is 2. The third-order valence-corrected chi connectivity index (χ3v) is 4.35. The van der Waals surface area contributed by atoms with Crippen molar-refractivity contribution in [1.29, 1.82) is 0 Å². The number of benzene rings is 1. The molecule has 0 bridgehead atoms. The lowest BCUT2D eigenvalue weighted by Gasteiger charge is -2.27. The molecule has 0 saturated carbocycles. The Morgan fingerprint density at radius 2 is 1.77 bits per heavy atom. The van der Waals surface area contributed by atoms with Gasteiger partial charge in [-0.05, 0) is 42.7 Å². The maximum absolute atomic E-state index is 13.9. The Kier molecular flexibility index (Phi) is 7.57. The molecule has 2 N–H and O–H groups in total. The van der Waals surface area contributed by atoms with Crippen molar-refractivity contribution in [2.45, 2.75) is 26.8 Å². The summed E-state index contributed by atoms with van der Waals surface area (Å²) in [7, 11) is 1.40. The molecule has 0 fully saturated rings. The molecular formula is C21H24F2N4O3. The largest absolute Gasteiger partial charge is 0.340 e. The van der Waals surface area contributed by atoms with Gasteiger partial charge in [0.05, 0.1) is 6.54 Å². The van der Waals surface area contributed by atoms with E-state index in [1.54, 1.807) is 32.2 Å². The minimum absolute atomic E-state index is 0.290. The molecule has 1 atom stereocenters. The molecule has 0 aliphatic heterocycles. The summed E-state index contributed by atoms with van der Waals surface area (Å²) < 4.78 is 27.7. The van der Waals surface area contributed by atoms with Gasteiger partial charge < -0.3 is 15.5 Å². The van der Waals surface area contributed by atoms with Crippen LogP contribution in [0.2, 0.25) is 0 Å². The Labute approximate surface area is 173 Å². The Hall–Kier alpha value is -3.36. The first kappa shape index (κ1) is 22.9. The van der Waals surface area contributed by atoms with Crippen molar-refractivity contribution in [2.75, 3.05) is 18.9 Å². The maximum Gasteiger partial charge on any atom is 0.257 e.